The summed E-state index contributed by atoms with van der Waals surface area (Å²) in [5.41, 5.74) is 1.14. The molecule has 0 N–H and O–H groups in total. The van der Waals surface area contributed by atoms with Crippen LogP contribution in [0.2, 0.25) is 0 Å². The van der Waals surface area contributed by atoms with Crippen LogP contribution in [0.3, 0.4) is 0 Å². The smallest absolute Gasteiger partial charge is 0.429 e. The third kappa shape index (κ3) is 4.38. The maximum absolute atomic E-state index is 6.24. The second-order valence-corrected chi connectivity index (χ2v) is 12.6. The van der Waals surface area contributed by atoms with Crippen molar-refractivity contribution >= 4 is 56.3 Å². The highest BCUT2D eigenvalue weighted by Crippen LogP contribution is 2.37. The van der Waals surface area contributed by atoms with Gasteiger partial charge in [0.25, 0.3) is 0 Å². The number of benzene rings is 3. The van der Waals surface area contributed by atoms with Gasteiger partial charge >= 0.3 is 14.6 Å². The Hall–Kier alpha value is -1.38. The summed E-state index contributed by atoms with van der Waals surface area (Å²) in [6.07, 6.45) is 0. The van der Waals surface area contributed by atoms with Gasteiger partial charge in [-0.3, -0.25) is 0 Å². The summed E-state index contributed by atoms with van der Waals surface area (Å²) in [5, 5.41) is 4.74. The van der Waals surface area contributed by atoms with Gasteiger partial charge in [-0.25, -0.2) is 0 Å². The van der Waals surface area contributed by atoms with E-state index in [1.807, 2.05) is 7.48 Å². The summed E-state index contributed by atoms with van der Waals surface area (Å²) in [4.78, 5) is 0. The van der Waals surface area contributed by atoms with Crippen LogP contribution in [-0.2, 0) is 14.0 Å². The molecule has 0 spiro atoms. The van der Waals surface area contributed by atoms with E-state index in [4.69, 9.17) is 14.0 Å². The van der Waals surface area contributed by atoms with Crippen LogP contribution in [0, 0.1) is 0 Å². The maximum atomic E-state index is 6.24. The van der Waals surface area contributed by atoms with Crippen molar-refractivity contribution in [3.8, 4) is 0 Å². The first kappa shape index (κ1) is 23.8. The van der Waals surface area contributed by atoms with Crippen LogP contribution in [0.15, 0.2) is 48.5 Å². The normalized spacial score (nSPS) is 18.5. The first-order valence-electron chi connectivity index (χ1n) is 11.3. The summed E-state index contributed by atoms with van der Waals surface area (Å²) in [7, 11) is 4.40. The molecule has 167 valence electrons. The summed E-state index contributed by atoms with van der Waals surface area (Å²) in [6.45, 7) is 16.9. The van der Waals surface area contributed by atoms with Crippen molar-refractivity contribution in [3.63, 3.8) is 0 Å². The van der Waals surface area contributed by atoms with Gasteiger partial charge in [-0.1, -0.05) is 55.7 Å². The third-order valence-corrected chi connectivity index (χ3v) is 8.11. The van der Waals surface area contributed by atoms with Crippen LogP contribution in [0.25, 0.3) is 21.5 Å². The summed E-state index contributed by atoms with van der Waals surface area (Å²) in [5.74, 6) is 0. The average molecular weight is 447 g/mol. The quantitative estimate of drug-likeness (QED) is 0.314. The molecular weight excluding hydrogens is 413 g/mol. The molecule has 1 atom stereocenters. The average Bonchev–Trinajstić information content (AvgIpc) is 2.90. The Kier molecular flexibility index (Phi) is 5.82. The monoisotopic (exact) mass is 447 g/mol. The Bertz CT molecular complexity index is 1150. The van der Waals surface area contributed by atoms with Crippen molar-refractivity contribution in [1.29, 1.82) is 0 Å². The van der Waals surface area contributed by atoms with Gasteiger partial charge < -0.3 is 14.0 Å². The highest BCUT2D eigenvalue weighted by Gasteiger charge is 2.51. The van der Waals surface area contributed by atoms with E-state index in [0.717, 1.165) is 10.9 Å². The topological polar surface area (TPSA) is 27.7 Å². The van der Waals surface area contributed by atoms with Gasteiger partial charge in [0, 0.05) is 5.16 Å². The molecule has 1 saturated heterocycles. The minimum Gasteiger partial charge on any atom is -0.429 e. The second kappa shape index (κ2) is 7.84. The Labute approximate surface area is 196 Å². The molecule has 0 aromatic heterocycles. The first-order chi connectivity index (χ1) is 14.7. The van der Waals surface area contributed by atoms with Crippen molar-refractivity contribution in [2.45, 2.75) is 77.3 Å². The molecule has 3 aromatic rings. The van der Waals surface area contributed by atoms with Gasteiger partial charge in [-0.05, 0) is 80.7 Å². The Balaban J connectivity index is 1.60. The van der Waals surface area contributed by atoms with E-state index >= 15 is 0 Å². The molecule has 0 bridgehead atoms. The zero-order valence-corrected chi connectivity index (χ0v) is 21.7. The number of hydrogen-bond acceptors (Lipinski definition) is 3. The lowest BCUT2D eigenvalue weighted by molar-refractivity contribution is 0.00578. The molecule has 3 nitrogen and oxygen atoms in total. The molecule has 1 fully saturated rings. The summed E-state index contributed by atoms with van der Waals surface area (Å²) in [6, 6.07) is 17.4. The minimum atomic E-state index is -0.349. The van der Waals surface area contributed by atoms with Crippen molar-refractivity contribution in [2.75, 3.05) is 0 Å². The fourth-order valence-electron chi connectivity index (χ4n) is 3.60. The van der Waals surface area contributed by atoms with Gasteiger partial charge in [0.05, 0.1) is 16.8 Å². The van der Waals surface area contributed by atoms with Crippen molar-refractivity contribution in [3.05, 3.63) is 48.5 Å². The van der Waals surface area contributed by atoms with Crippen LogP contribution in [0.1, 0.15) is 55.4 Å². The molecule has 1 aliphatic rings. The molecule has 6 heteroatoms. The molecule has 0 saturated carbocycles. The highest BCUT2D eigenvalue weighted by atomic mass is 31.0. The largest absolute Gasteiger partial charge is 0.494 e. The number of hydrogen-bond donors (Lipinski definition) is 0. The zero-order chi connectivity index (χ0) is 23.5. The van der Waals surface area contributed by atoms with Gasteiger partial charge in [0.15, 0.2) is 0 Å². The van der Waals surface area contributed by atoms with Crippen LogP contribution >= 0.6 is 9.24 Å². The lowest BCUT2D eigenvalue weighted by Gasteiger charge is -2.39. The molecule has 4 rings (SSSR count). The van der Waals surface area contributed by atoms with E-state index < -0.39 is 0 Å². The molecule has 1 radical (unpaired) electrons. The minimum absolute atomic E-state index is 0.0363. The van der Waals surface area contributed by atoms with E-state index in [1.54, 1.807) is 0 Å². The van der Waals surface area contributed by atoms with E-state index in [9.17, 15) is 0 Å². The van der Waals surface area contributed by atoms with E-state index in [-0.39, 0.29) is 29.1 Å². The number of fused-ring (bicyclic) bond motifs is 2. The predicted molar refractivity (Wildman–Crippen MR) is 142 cm³/mol. The van der Waals surface area contributed by atoms with Crippen molar-refractivity contribution in [2.24, 2.45) is 0 Å². The molecule has 0 amide bonds. The molecule has 3 aromatic carbocycles. The second-order valence-electron chi connectivity index (χ2n) is 11.1. The SMILES string of the molecule is CC(C)(P)C(C)(C)O[B]c1ccc2cc3cc(B4OC(C)(C)C(C)(C)O4)ccc3cc2c1. The maximum Gasteiger partial charge on any atom is 0.494 e. The zero-order valence-electron chi connectivity index (χ0n) is 20.6. The van der Waals surface area contributed by atoms with Gasteiger partial charge in [0.1, 0.15) is 0 Å². The lowest BCUT2D eigenvalue weighted by atomic mass is 9.78. The van der Waals surface area contributed by atoms with Crippen LogP contribution < -0.4 is 10.9 Å². The van der Waals surface area contributed by atoms with E-state index in [1.165, 1.54) is 21.5 Å². The fourth-order valence-corrected chi connectivity index (χ4v) is 3.67. The molecular formula is C26H34B2O3P. The standard InChI is InChI=1S/C26H34B2O3P/c1-23(2)24(3,4)31-28(30-23)22-12-10-18-13-19-15-21(11-9-17(19)14-20(18)16-22)27-29-25(5,6)26(7,8)32/h9-16H,32H2,1-8H3. The summed E-state index contributed by atoms with van der Waals surface area (Å²) >= 11 is 0. The highest BCUT2D eigenvalue weighted by molar-refractivity contribution is 7.19. The predicted octanol–water partition coefficient (Wildman–Crippen LogP) is 4.99. The van der Waals surface area contributed by atoms with Crippen LogP contribution in [0.5, 0.6) is 0 Å². The van der Waals surface area contributed by atoms with E-state index in [2.05, 4.69) is 113 Å². The van der Waals surface area contributed by atoms with Gasteiger partial charge in [0.2, 0.25) is 0 Å². The molecule has 1 heterocycles. The summed E-state index contributed by atoms with van der Waals surface area (Å²) < 4.78 is 18.6. The number of rotatable bonds is 5. The Morgan fingerprint density at radius 2 is 1.31 bits per heavy atom. The Morgan fingerprint density at radius 1 is 0.781 bits per heavy atom. The van der Waals surface area contributed by atoms with Crippen LogP contribution in [0.4, 0.5) is 0 Å². The molecule has 1 unspecified atom stereocenters. The van der Waals surface area contributed by atoms with Crippen molar-refractivity contribution < 1.29 is 14.0 Å². The fraction of sp³-hybridized carbons (Fsp3) is 0.462. The third-order valence-electron chi connectivity index (χ3n) is 7.41. The molecule has 32 heavy (non-hydrogen) atoms. The van der Waals surface area contributed by atoms with Crippen LogP contribution in [-0.4, -0.2) is 36.6 Å². The lowest BCUT2D eigenvalue weighted by Crippen LogP contribution is -2.45. The first-order valence-corrected chi connectivity index (χ1v) is 11.9. The van der Waals surface area contributed by atoms with Gasteiger partial charge in [-0.2, -0.15) is 0 Å². The molecule has 1 aliphatic heterocycles. The van der Waals surface area contributed by atoms with Gasteiger partial charge in [-0.15, -0.1) is 9.24 Å². The van der Waals surface area contributed by atoms with E-state index in [0.29, 0.717) is 0 Å². The van der Waals surface area contributed by atoms with Crippen molar-refractivity contribution in [1.82, 2.24) is 0 Å². The molecule has 0 aliphatic carbocycles. The Morgan fingerprint density at radius 3 is 1.88 bits per heavy atom.